The number of benzene rings is 1. The molecule has 66 valence electrons. The molecule has 0 aliphatic carbocycles. The van der Waals surface area contributed by atoms with E-state index in [1.165, 1.54) is 6.92 Å². The molecule has 0 amide bonds. The molecule has 0 saturated carbocycles. The molecule has 0 radical (unpaired) electrons. The van der Waals surface area contributed by atoms with Crippen molar-refractivity contribution in [3.63, 3.8) is 0 Å². The molecular weight excluding hydrogens is 231 g/mol. The summed E-state index contributed by atoms with van der Waals surface area (Å²) in [5.41, 5.74) is 0.510. The van der Waals surface area contributed by atoms with E-state index in [9.17, 15) is 9.90 Å². The van der Waals surface area contributed by atoms with Gasteiger partial charge in [-0.1, -0.05) is 0 Å². The fraction of sp³-hybridized carbons (Fsp3) is 0.100. The van der Waals surface area contributed by atoms with Crippen molar-refractivity contribution in [1.29, 1.82) is 0 Å². The summed E-state index contributed by atoms with van der Waals surface area (Å²) in [5.74, 6) is -0.0516. The number of hydrogen-bond acceptors (Lipinski definition) is 2. The molecule has 0 spiro atoms. The third kappa shape index (κ3) is 1.30. The summed E-state index contributed by atoms with van der Waals surface area (Å²) in [6.45, 7) is 1.49. The normalized spacial score (nSPS) is 10.5. The minimum absolute atomic E-state index is 0.0516. The molecular formula is C10H8O2Se. The van der Waals surface area contributed by atoms with Crippen molar-refractivity contribution >= 4 is 29.9 Å². The van der Waals surface area contributed by atoms with E-state index in [0.29, 0.717) is 5.56 Å². The van der Waals surface area contributed by atoms with Crippen molar-refractivity contribution in [2.24, 2.45) is 0 Å². The number of fused-ring (bicyclic) bond motifs is 1. The number of carbonyl (C=O) groups is 1. The SMILES string of the molecule is CC(=O)c1c(O)[se]c2ccccc12. The summed E-state index contributed by atoms with van der Waals surface area (Å²) in [6.07, 6.45) is 0. The Labute approximate surface area is 81.6 Å². The van der Waals surface area contributed by atoms with Crippen molar-refractivity contribution in [2.45, 2.75) is 6.92 Å². The Bertz CT molecular complexity index is 471. The maximum atomic E-state index is 11.2. The standard InChI is InChI=1S/C10H8O2Se/c1-6(11)9-7-4-2-3-5-8(7)13-10(9)12/h2-5,12H,1H3. The number of hydrogen-bond donors (Lipinski definition) is 1. The molecule has 1 aromatic carbocycles. The van der Waals surface area contributed by atoms with Gasteiger partial charge in [0.25, 0.3) is 0 Å². The minimum atomic E-state index is -0.0718. The van der Waals surface area contributed by atoms with E-state index in [0.717, 1.165) is 9.65 Å². The predicted molar refractivity (Wildman–Crippen MR) is 52.6 cm³/mol. The van der Waals surface area contributed by atoms with Crippen LogP contribution in [0.15, 0.2) is 24.3 Å². The maximum absolute atomic E-state index is 11.2. The van der Waals surface area contributed by atoms with Crippen LogP contribution in [0.2, 0.25) is 0 Å². The first-order valence-corrected chi connectivity index (χ1v) is 5.63. The second-order valence-corrected chi connectivity index (χ2v) is 5.00. The molecule has 1 heterocycles. The van der Waals surface area contributed by atoms with Gasteiger partial charge >= 0.3 is 81.2 Å². The van der Waals surface area contributed by atoms with Crippen molar-refractivity contribution in [1.82, 2.24) is 0 Å². The van der Waals surface area contributed by atoms with E-state index in [4.69, 9.17) is 0 Å². The van der Waals surface area contributed by atoms with Gasteiger partial charge in [0.2, 0.25) is 0 Å². The summed E-state index contributed by atoms with van der Waals surface area (Å²) < 4.78 is 1.36. The fourth-order valence-electron chi connectivity index (χ4n) is 1.37. The van der Waals surface area contributed by atoms with Gasteiger partial charge in [0.15, 0.2) is 0 Å². The number of aromatic hydroxyl groups is 1. The van der Waals surface area contributed by atoms with Gasteiger partial charge in [-0.2, -0.15) is 0 Å². The van der Waals surface area contributed by atoms with E-state index < -0.39 is 0 Å². The Kier molecular flexibility index (Phi) is 1.98. The van der Waals surface area contributed by atoms with Gasteiger partial charge in [0, 0.05) is 0 Å². The molecule has 13 heavy (non-hydrogen) atoms. The Balaban J connectivity index is 2.86. The summed E-state index contributed by atoms with van der Waals surface area (Å²) in [7, 11) is 0. The third-order valence-electron chi connectivity index (χ3n) is 1.93. The molecule has 2 rings (SSSR count). The molecule has 0 aliphatic heterocycles. The molecule has 3 heteroatoms. The van der Waals surface area contributed by atoms with E-state index >= 15 is 0 Å². The van der Waals surface area contributed by atoms with Crippen LogP contribution in [-0.4, -0.2) is 25.4 Å². The second-order valence-electron chi connectivity index (χ2n) is 2.83. The van der Waals surface area contributed by atoms with Crippen molar-refractivity contribution < 1.29 is 9.90 Å². The molecule has 0 bridgehead atoms. The number of Topliss-reactive ketones (excluding diaryl/α,β-unsaturated/α-hetero) is 1. The van der Waals surface area contributed by atoms with Crippen molar-refractivity contribution in [2.75, 3.05) is 0 Å². The Morgan fingerprint density at radius 2 is 2.08 bits per heavy atom. The zero-order valence-electron chi connectivity index (χ0n) is 7.07. The van der Waals surface area contributed by atoms with Gasteiger partial charge in [-0.3, -0.25) is 0 Å². The second kappa shape index (κ2) is 3.02. The van der Waals surface area contributed by atoms with E-state index in [2.05, 4.69) is 0 Å². The van der Waals surface area contributed by atoms with E-state index in [1.54, 1.807) is 0 Å². The molecule has 0 unspecified atom stereocenters. The summed E-state index contributed by atoms with van der Waals surface area (Å²) in [6, 6.07) is 7.66. The summed E-state index contributed by atoms with van der Waals surface area (Å²) in [4.78, 5) is 11.2. The van der Waals surface area contributed by atoms with Crippen LogP contribution in [0.5, 0.6) is 4.62 Å². The summed E-state index contributed by atoms with van der Waals surface area (Å²) in [5, 5.41) is 10.5. The molecule has 0 atom stereocenters. The average Bonchev–Trinajstić information content (AvgIpc) is 2.39. The van der Waals surface area contributed by atoms with Crippen LogP contribution in [0, 0.1) is 0 Å². The Morgan fingerprint density at radius 1 is 1.38 bits per heavy atom. The van der Waals surface area contributed by atoms with Crippen LogP contribution in [0.25, 0.3) is 9.65 Å². The average molecular weight is 239 g/mol. The molecule has 0 saturated heterocycles. The van der Waals surface area contributed by atoms with Crippen molar-refractivity contribution in [3.8, 4) is 4.62 Å². The van der Waals surface area contributed by atoms with Gasteiger partial charge in [-0.05, 0) is 0 Å². The van der Waals surface area contributed by atoms with Gasteiger partial charge in [0.1, 0.15) is 0 Å². The van der Waals surface area contributed by atoms with E-state index in [-0.39, 0.29) is 24.9 Å². The van der Waals surface area contributed by atoms with Gasteiger partial charge in [-0.15, -0.1) is 0 Å². The Morgan fingerprint density at radius 3 is 2.77 bits per heavy atom. The van der Waals surface area contributed by atoms with Gasteiger partial charge in [0.05, 0.1) is 0 Å². The number of ketones is 1. The van der Waals surface area contributed by atoms with Crippen LogP contribution in [-0.2, 0) is 0 Å². The Hall–Kier alpha value is -1.05. The molecule has 2 aromatic rings. The molecule has 2 nitrogen and oxygen atoms in total. The number of carbonyl (C=O) groups excluding carboxylic acids is 1. The van der Waals surface area contributed by atoms with Crippen LogP contribution in [0.4, 0.5) is 0 Å². The first kappa shape index (κ1) is 8.54. The molecule has 0 aliphatic rings. The zero-order chi connectivity index (χ0) is 9.42. The predicted octanol–water partition coefficient (Wildman–Crippen LogP) is 1.80. The monoisotopic (exact) mass is 240 g/mol. The topological polar surface area (TPSA) is 37.3 Å². The van der Waals surface area contributed by atoms with Crippen LogP contribution in [0.1, 0.15) is 17.3 Å². The van der Waals surface area contributed by atoms with Gasteiger partial charge < -0.3 is 0 Å². The van der Waals surface area contributed by atoms with Crippen molar-refractivity contribution in [3.05, 3.63) is 29.8 Å². The zero-order valence-corrected chi connectivity index (χ0v) is 8.79. The molecule has 0 fully saturated rings. The molecule has 1 aromatic heterocycles. The first-order valence-electron chi connectivity index (χ1n) is 3.91. The fourth-order valence-corrected chi connectivity index (χ4v) is 3.45. The first-order chi connectivity index (χ1) is 6.20. The number of rotatable bonds is 1. The summed E-state index contributed by atoms with van der Waals surface area (Å²) >= 11 is -0.0718. The van der Waals surface area contributed by atoms with Crippen LogP contribution >= 0.6 is 0 Å². The van der Waals surface area contributed by atoms with Gasteiger partial charge in [-0.25, -0.2) is 0 Å². The molecule has 1 N–H and O–H groups in total. The third-order valence-corrected chi connectivity index (χ3v) is 3.97. The van der Waals surface area contributed by atoms with Crippen LogP contribution in [0.3, 0.4) is 0 Å². The van der Waals surface area contributed by atoms with Crippen LogP contribution < -0.4 is 0 Å². The van der Waals surface area contributed by atoms with E-state index in [1.807, 2.05) is 24.3 Å². The quantitative estimate of drug-likeness (QED) is 0.608.